The number of rotatable bonds is 4. The minimum Gasteiger partial charge on any atom is -0.310 e. The summed E-state index contributed by atoms with van der Waals surface area (Å²) < 4.78 is 1.30. The predicted molar refractivity (Wildman–Crippen MR) is 69.1 cm³/mol. The van der Waals surface area contributed by atoms with Gasteiger partial charge in [-0.25, -0.2) is 0 Å². The molecule has 1 aromatic carbocycles. The van der Waals surface area contributed by atoms with E-state index in [1.807, 2.05) is 7.05 Å². The van der Waals surface area contributed by atoms with Crippen LogP contribution in [0.3, 0.4) is 0 Å². The van der Waals surface area contributed by atoms with Gasteiger partial charge in [-0.05, 0) is 48.9 Å². The van der Waals surface area contributed by atoms with Gasteiger partial charge in [0.2, 0.25) is 0 Å². The van der Waals surface area contributed by atoms with E-state index in [0.717, 1.165) is 6.42 Å². The Labute approximate surface area is 99.3 Å². The van der Waals surface area contributed by atoms with Crippen LogP contribution in [0.25, 0.3) is 10.1 Å². The van der Waals surface area contributed by atoms with E-state index in [1.54, 1.807) is 18.3 Å². The van der Waals surface area contributed by atoms with Crippen molar-refractivity contribution in [2.75, 3.05) is 7.05 Å². The number of benzene rings is 1. The Morgan fingerprint density at radius 2 is 2.25 bits per heavy atom. The molecule has 0 bridgehead atoms. The zero-order valence-corrected chi connectivity index (χ0v) is 10.3. The standard InChI is InChI=1S/C13H15NOS/c1-9(15)12(14-2)8-10-3-4-13-11(7-10)5-6-16-13/h3-7,12,14H,8H2,1-2H3. The summed E-state index contributed by atoms with van der Waals surface area (Å²) in [6, 6.07) is 8.44. The molecule has 0 saturated carbocycles. The molecule has 3 heteroatoms. The van der Waals surface area contributed by atoms with Gasteiger partial charge < -0.3 is 5.32 Å². The van der Waals surface area contributed by atoms with Crippen molar-refractivity contribution in [3.8, 4) is 0 Å². The number of carbonyl (C=O) groups excluding carboxylic acids is 1. The maximum absolute atomic E-state index is 11.3. The second-order valence-corrected chi connectivity index (χ2v) is 4.90. The SMILES string of the molecule is CNC(Cc1ccc2sccc2c1)C(C)=O. The molecular weight excluding hydrogens is 218 g/mol. The lowest BCUT2D eigenvalue weighted by molar-refractivity contribution is -0.118. The van der Waals surface area contributed by atoms with E-state index in [1.165, 1.54) is 15.6 Å². The van der Waals surface area contributed by atoms with Crippen molar-refractivity contribution in [2.24, 2.45) is 0 Å². The van der Waals surface area contributed by atoms with Crippen LogP contribution in [-0.2, 0) is 11.2 Å². The molecule has 1 aromatic heterocycles. The number of likely N-dealkylation sites (N-methyl/N-ethyl adjacent to an activating group) is 1. The van der Waals surface area contributed by atoms with E-state index in [2.05, 4.69) is 35.0 Å². The molecule has 0 amide bonds. The molecule has 2 aromatic rings. The van der Waals surface area contributed by atoms with Crippen molar-refractivity contribution in [3.05, 3.63) is 35.2 Å². The molecule has 0 aliphatic heterocycles. The summed E-state index contributed by atoms with van der Waals surface area (Å²) >= 11 is 1.74. The number of thiophene rings is 1. The van der Waals surface area contributed by atoms with Gasteiger partial charge in [-0.2, -0.15) is 0 Å². The third-order valence-electron chi connectivity index (χ3n) is 2.80. The van der Waals surface area contributed by atoms with Crippen LogP contribution >= 0.6 is 11.3 Å². The molecule has 0 aliphatic rings. The molecule has 1 unspecified atom stereocenters. The average molecular weight is 233 g/mol. The highest BCUT2D eigenvalue weighted by Gasteiger charge is 2.12. The highest BCUT2D eigenvalue weighted by Crippen LogP contribution is 2.22. The van der Waals surface area contributed by atoms with E-state index in [-0.39, 0.29) is 11.8 Å². The molecule has 0 spiro atoms. The second kappa shape index (κ2) is 4.76. The van der Waals surface area contributed by atoms with Crippen molar-refractivity contribution in [2.45, 2.75) is 19.4 Å². The second-order valence-electron chi connectivity index (χ2n) is 3.95. The van der Waals surface area contributed by atoms with Crippen LogP contribution < -0.4 is 5.32 Å². The summed E-state index contributed by atoms with van der Waals surface area (Å²) in [7, 11) is 1.83. The van der Waals surface area contributed by atoms with Gasteiger partial charge in [-0.1, -0.05) is 12.1 Å². The van der Waals surface area contributed by atoms with Crippen molar-refractivity contribution < 1.29 is 4.79 Å². The molecule has 1 heterocycles. The number of hydrogen-bond acceptors (Lipinski definition) is 3. The van der Waals surface area contributed by atoms with Crippen LogP contribution in [0.5, 0.6) is 0 Å². The lowest BCUT2D eigenvalue weighted by Crippen LogP contribution is -2.34. The van der Waals surface area contributed by atoms with E-state index < -0.39 is 0 Å². The summed E-state index contributed by atoms with van der Waals surface area (Å²) in [4.78, 5) is 11.3. The molecule has 0 fully saturated rings. The summed E-state index contributed by atoms with van der Waals surface area (Å²) in [5.41, 5.74) is 1.21. The molecule has 2 nitrogen and oxygen atoms in total. The normalized spacial score (nSPS) is 12.9. The largest absolute Gasteiger partial charge is 0.310 e. The van der Waals surface area contributed by atoms with Crippen molar-refractivity contribution in [3.63, 3.8) is 0 Å². The first-order chi connectivity index (χ1) is 7.70. The smallest absolute Gasteiger partial charge is 0.147 e. The number of fused-ring (bicyclic) bond motifs is 1. The van der Waals surface area contributed by atoms with Crippen LogP contribution in [0, 0.1) is 0 Å². The quantitative estimate of drug-likeness (QED) is 0.879. The lowest BCUT2D eigenvalue weighted by atomic mass is 10.0. The Bertz CT molecular complexity index is 503. The van der Waals surface area contributed by atoms with Gasteiger partial charge >= 0.3 is 0 Å². The van der Waals surface area contributed by atoms with E-state index in [0.29, 0.717) is 0 Å². The highest BCUT2D eigenvalue weighted by molar-refractivity contribution is 7.17. The van der Waals surface area contributed by atoms with E-state index >= 15 is 0 Å². The first-order valence-electron chi connectivity index (χ1n) is 5.34. The van der Waals surface area contributed by atoms with Crippen LogP contribution in [0.2, 0.25) is 0 Å². The Hall–Kier alpha value is -1.19. The topological polar surface area (TPSA) is 29.1 Å². The highest BCUT2D eigenvalue weighted by atomic mass is 32.1. The molecule has 0 radical (unpaired) electrons. The number of Topliss-reactive ketones (excluding diaryl/α,β-unsaturated/α-hetero) is 1. The van der Waals surface area contributed by atoms with Crippen molar-refractivity contribution in [1.82, 2.24) is 5.32 Å². The molecule has 0 aliphatic carbocycles. The lowest BCUT2D eigenvalue weighted by Gasteiger charge is -2.12. The van der Waals surface area contributed by atoms with E-state index in [4.69, 9.17) is 0 Å². The van der Waals surface area contributed by atoms with Gasteiger partial charge in [-0.3, -0.25) is 4.79 Å². The number of ketones is 1. The minimum absolute atomic E-state index is 0.0731. The third kappa shape index (κ3) is 2.31. The minimum atomic E-state index is -0.0731. The Balaban J connectivity index is 2.23. The van der Waals surface area contributed by atoms with Gasteiger partial charge in [0, 0.05) is 4.70 Å². The summed E-state index contributed by atoms with van der Waals surface area (Å²) in [5.74, 6) is 0.188. The number of carbonyl (C=O) groups is 1. The zero-order chi connectivity index (χ0) is 11.5. The van der Waals surface area contributed by atoms with Gasteiger partial charge in [0.15, 0.2) is 0 Å². The molecule has 84 valence electrons. The molecule has 1 atom stereocenters. The summed E-state index contributed by atoms with van der Waals surface area (Å²) in [5, 5.41) is 6.40. The van der Waals surface area contributed by atoms with Gasteiger partial charge in [0.1, 0.15) is 5.78 Å². The Morgan fingerprint density at radius 3 is 2.94 bits per heavy atom. The first-order valence-corrected chi connectivity index (χ1v) is 6.22. The fraction of sp³-hybridized carbons (Fsp3) is 0.308. The monoisotopic (exact) mass is 233 g/mol. The summed E-state index contributed by atoms with van der Waals surface area (Å²) in [6.45, 7) is 1.63. The van der Waals surface area contributed by atoms with Crippen LogP contribution in [0.15, 0.2) is 29.6 Å². The molecule has 16 heavy (non-hydrogen) atoms. The van der Waals surface area contributed by atoms with Crippen LogP contribution in [0.4, 0.5) is 0 Å². The zero-order valence-electron chi connectivity index (χ0n) is 9.49. The number of hydrogen-bond donors (Lipinski definition) is 1. The maximum atomic E-state index is 11.3. The molecule has 0 saturated heterocycles. The molecule has 1 N–H and O–H groups in total. The van der Waals surface area contributed by atoms with Crippen molar-refractivity contribution in [1.29, 1.82) is 0 Å². The van der Waals surface area contributed by atoms with E-state index in [9.17, 15) is 4.79 Å². The Morgan fingerprint density at radius 1 is 1.44 bits per heavy atom. The first kappa shape index (κ1) is 11.3. The Kier molecular flexibility index (Phi) is 3.36. The van der Waals surface area contributed by atoms with Crippen LogP contribution in [-0.4, -0.2) is 18.9 Å². The third-order valence-corrected chi connectivity index (χ3v) is 3.69. The summed E-state index contributed by atoms with van der Waals surface area (Å²) in [6.07, 6.45) is 0.762. The fourth-order valence-corrected chi connectivity index (χ4v) is 2.60. The van der Waals surface area contributed by atoms with Gasteiger partial charge in [-0.15, -0.1) is 11.3 Å². The van der Waals surface area contributed by atoms with Gasteiger partial charge in [0.25, 0.3) is 0 Å². The molecule has 2 rings (SSSR count). The number of nitrogens with one attached hydrogen (secondary N) is 1. The van der Waals surface area contributed by atoms with Crippen molar-refractivity contribution >= 4 is 27.2 Å². The maximum Gasteiger partial charge on any atom is 0.147 e. The van der Waals surface area contributed by atoms with Gasteiger partial charge in [0.05, 0.1) is 6.04 Å². The molecular formula is C13H15NOS. The average Bonchev–Trinajstić information content (AvgIpc) is 2.72. The fourth-order valence-electron chi connectivity index (χ4n) is 1.83. The van der Waals surface area contributed by atoms with Crippen LogP contribution in [0.1, 0.15) is 12.5 Å². The predicted octanol–water partition coefficient (Wildman–Crippen LogP) is 2.62.